The fourth-order valence-electron chi connectivity index (χ4n) is 3.03. The molecular formula is C20H12BrClF3N3S. The van der Waals surface area contributed by atoms with E-state index in [2.05, 4.69) is 31.2 Å². The smallest absolute Gasteiger partial charge is 0.338 e. The van der Waals surface area contributed by atoms with Gasteiger partial charge in [-0.3, -0.25) is 0 Å². The first-order chi connectivity index (χ1) is 13.7. The summed E-state index contributed by atoms with van der Waals surface area (Å²) in [5.74, 6) is 0.401. The lowest BCUT2D eigenvalue weighted by Gasteiger charge is -2.13. The molecule has 29 heavy (non-hydrogen) atoms. The molecule has 0 aliphatic carbocycles. The number of fused-ring (bicyclic) bond motifs is 1. The Morgan fingerprint density at radius 3 is 2.48 bits per heavy atom. The number of rotatable bonds is 3. The van der Waals surface area contributed by atoms with Gasteiger partial charge in [0.25, 0.3) is 0 Å². The largest absolute Gasteiger partial charge is 0.416 e. The van der Waals surface area contributed by atoms with Crippen LogP contribution in [0, 0.1) is 6.92 Å². The molecule has 148 valence electrons. The molecule has 0 aliphatic rings. The van der Waals surface area contributed by atoms with Gasteiger partial charge in [-0.2, -0.15) is 13.2 Å². The van der Waals surface area contributed by atoms with E-state index in [4.69, 9.17) is 11.6 Å². The maximum atomic E-state index is 13.1. The molecule has 0 atom stereocenters. The van der Waals surface area contributed by atoms with E-state index in [9.17, 15) is 13.2 Å². The molecule has 0 fully saturated rings. The van der Waals surface area contributed by atoms with Crippen molar-refractivity contribution in [2.45, 2.75) is 13.1 Å². The standard InChI is InChI=1S/C20H12BrClF3N3S/c1-10-16(11-2-5-13(21)6-3-11)17-18(26-9-27-19(17)29-10)28-15-8-12(20(23,24)25)4-7-14(15)22/h2-9H,1H3,(H,26,27,28). The van der Waals surface area contributed by atoms with Crippen LogP contribution in [-0.2, 0) is 6.18 Å². The topological polar surface area (TPSA) is 37.8 Å². The van der Waals surface area contributed by atoms with Crippen LogP contribution in [0.5, 0.6) is 0 Å². The number of halogens is 5. The summed E-state index contributed by atoms with van der Waals surface area (Å²) in [6.07, 6.45) is -3.09. The molecule has 2 heterocycles. The van der Waals surface area contributed by atoms with E-state index >= 15 is 0 Å². The zero-order valence-corrected chi connectivity index (χ0v) is 18.0. The van der Waals surface area contributed by atoms with E-state index in [1.54, 1.807) is 0 Å². The second kappa shape index (κ2) is 7.59. The highest BCUT2D eigenvalue weighted by Gasteiger charge is 2.31. The van der Waals surface area contributed by atoms with Gasteiger partial charge in [0.2, 0.25) is 0 Å². The molecule has 2 aromatic heterocycles. The minimum absolute atomic E-state index is 0.132. The first-order valence-electron chi connectivity index (χ1n) is 8.38. The predicted molar refractivity (Wildman–Crippen MR) is 115 cm³/mol. The Kier molecular flexibility index (Phi) is 5.27. The van der Waals surface area contributed by atoms with Crippen molar-refractivity contribution >= 4 is 60.6 Å². The van der Waals surface area contributed by atoms with Crippen molar-refractivity contribution in [2.75, 3.05) is 5.32 Å². The Morgan fingerprint density at radius 1 is 1.07 bits per heavy atom. The summed E-state index contributed by atoms with van der Waals surface area (Å²) in [6, 6.07) is 10.9. The molecule has 4 aromatic rings. The number of hydrogen-bond acceptors (Lipinski definition) is 4. The Morgan fingerprint density at radius 2 is 1.79 bits per heavy atom. The van der Waals surface area contributed by atoms with Crippen molar-refractivity contribution in [1.82, 2.24) is 9.97 Å². The molecule has 0 aliphatic heterocycles. The van der Waals surface area contributed by atoms with Gasteiger partial charge in [-0.05, 0) is 42.8 Å². The Bertz CT molecular complexity index is 1210. The monoisotopic (exact) mass is 497 g/mol. The minimum Gasteiger partial charge on any atom is -0.338 e. The van der Waals surface area contributed by atoms with E-state index in [-0.39, 0.29) is 10.7 Å². The van der Waals surface area contributed by atoms with Crippen LogP contribution in [0.15, 0.2) is 53.3 Å². The van der Waals surface area contributed by atoms with Crippen LogP contribution < -0.4 is 5.32 Å². The first kappa shape index (κ1) is 20.1. The van der Waals surface area contributed by atoms with Gasteiger partial charge in [0.15, 0.2) is 0 Å². The van der Waals surface area contributed by atoms with Gasteiger partial charge in [-0.15, -0.1) is 11.3 Å². The van der Waals surface area contributed by atoms with Crippen molar-refractivity contribution < 1.29 is 13.2 Å². The molecule has 4 rings (SSSR count). The summed E-state index contributed by atoms with van der Waals surface area (Å²) >= 11 is 11.1. The summed E-state index contributed by atoms with van der Waals surface area (Å²) < 4.78 is 40.3. The molecule has 9 heteroatoms. The first-order valence-corrected chi connectivity index (χ1v) is 10.4. The number of aryl methyl sites for hydroxylation is 1. The van der Waals surface area contributed by atoms with Crippen LogP contribution in [0.4, 0.5) is 24.7 Å². The van der Waals surface area contributed by atoms with Gasteiger partial charge >= 0.3 is 6.18 Å². The zero-order valence-electron chi connectivity index (χ0n) is 14.8. The zero-order chi connectivity index (χ0) is 20.8. The molecular weight excluding hydrogens is 487 g/mol. The average molecular weight is 499 g/mol. The Hall–Kier alpha value is -2.16. The van der Waals surface area contributed by atoms with Crippen molar-refractivity contribution in [3.05, 3.63) is 68.7 Å². The van der Waals surface area contributed by atoms with Crippen LogP contribution in [0.3, 0.4) is 0 Å². The summed E-state index contributed by atoms with van der Waals surface area (Å²) in [4.78, 5) is 10.4. The number of nitrogens with zero attached hydrogens (tertiary/aromatic N) is 2. The number of nitrogens with one attached hydrogen (secondary N) is 1. The third kappa shape index (κ3) is 3.97. The summed E-state index contributed by atoms with van der Waals surface area (Å²) in [5, 5.41) is 3.89. The van der Waals surface area contributed by atoms with Crippen LogP contribution in [0.25, 0.3) is 21.3 Å². The molecule has 0 saturated heterocycles. The number of hydrogen-bond donors (Lipinski definition) is 1. The molecule has 0 radical (unpaired) electrons. The highest BCUT2D eigenvalue weighted by Crippen LogP contribution is 2.42. The lowest BCUT2D eigenvalue weighted by molar-refractivity contribution is -0.137. The van der Waals surface area contributed by atoms with Gasteiger partial charge in [0, 0.05) is 14.9 Å². The van der Waals surface area contributed by atoms with Gasteiger partial charge in [0.1, 0.15) is 17.0 Å². The minimum atomic E-state index is -4.47. The lowest BCUT2D eigenvalue weighted by Crippen LogP contribution is -2.06. The van der Waals surface area contributed by atoms with E-state index in [0.717, 1.165) is 42.8 Å². The van der Waals surface area contributed by atoms with Crippen molar-refractivity contribution in [2.24, 2.45) is 0 Å². The third-order valence-corrected chi connectivity index (χ3v) is 6.22. The highest BCUT2D eigenvalue weighted by atomic mass is 79.9. The maximum absolute atomic E-state index is 13.1. The SMILES string of the molecule is Cc1sc2ncnc(Nc3cc(C(F)(F)F)ccc3Cl)c2c1-c1ccc(Br)cc1. The molecule has 0 spiro atoms. The molecule has 1 N–H and O–H groups in total. The maximum Gasteiger partial charge on any atom is 0.416 e. The van der Waals surface area contributed by atoms with Gasteiger partial charge in [0.05, 0.1) is 21.7 Å². The van der Waals surface area contributed by atoms with Gasteiger partial charge in [-0.25, -0.2) is 9.97 Å². The second-order valence-corrected chi connectivity index (χ2v) is 8.79. The molecule has 0 bridgehead atoms. The molecule has 3 nitrogen and oxygen atoms in total. The third-order valence-electron chi connectivity index (χ3n) is 4.34. The van der Waals surface area contributed by atoms with Gasteiger partial charge in [-0.1, -0.05) is 39.7 Å². The summed E-state index contributed by atoms with van der Waals surface area (Å²) in [5.41, 5.74) is 1.24. The molecule has 0 unspecified atom stereocenters. The normalized spacial score (nSPS) is 11.8. The lowest BCUT2D eigenvalue weighted by atomic mass is 10.0. The fourth-order valence-corrected chi connectivity index (χ4v) is 4.47. The second-order valence-electron chi connectivity index (χ2n) is 6.26. The Labute approximate surface area is 181 Å². The average Bonchev–Trinajstić information content (AvgIpc) is 3.00. The number of thiophene rings is 1. The van der Waals surface area contributed by atoms with Crippen molar-refractivity contribution in [3.63, 3.8) is 0 Å². The van der Waals surface area contributed by atoms with Crippen LogP contribution >= 0.6 is 38.9 Å². The van der Waals surface area contributed by atoms with Crippen molar-refractivity contribution in [3.8, 4) is 11.1 Å². The van der Waals surface area contributed by atoms with Crippen LogP contribution in [0.1, 0.15) is 10.4 Å². The Balaban J connectivity index is 1.87. The molecule has 0 saturated carbocycles. The number of aromatic nitrogens is 2. The summed E-state index contributed by atoms with van der Waals surface area (Å²) in [6.45, 7) is 1.98. The molecule has 0 amide bonds. The van der Waals surface area contributed by atoms with E-state index in [0.29, 0.717) is 5.82 Å². The number of benzene rings is 2. The number of alkyl halides is 3. The van der Waals surface area contributed by atoms with Crippen LogP contribution in [0.2, 0.25) is 5.02 Å². The fraction of sp³-hybridized carbons (Fsp3) is 0.100. The molecule has 2 aromatic carbocycles. The summed E-state index contributed by atoms with van der Waals surface area (Å²) in [7, 11) is 0. The quantitative estimate of drug-likeness (QED) is 0.313. The van der Waals surface area contributed by atoms with E-state index < -0.39 is 11.7 Å². The van der Waals surface area contributed by atoms with E-state index in [1.807, 2.05) is 31.2 Å². The van der Waals surface area contributed by atoms with Crippen LogP contribution in [-0.4, -0.2) is 9.97 Å². The predicted octanol–water partition coefficient (Wildman–Crippen LogP) is 7.85. The number of anilines is 2. The van der Waals surface area contributed by atoms with Crippen molar-refractivity contribution in [1.29, 1.82) is 0 Å². The van der Waals surface area contributed by atoms with Gasteiger partial charge < -0.3 is 5.32 Å². The van der Waals surface area contributed by atoms with E-state index in [1.165, 1.54) is 23.7 Å². The highest BCUT2D eigenvalue weighted by molar-refractivity contribution is 9.10.